The number of hydrogen-bond donors (Lipinski definition) is 2. The van der Waals surface area contributed by atoms with Gasteiger partial charge < -0.3 is 10.6 Å². The summed E-state index contributed by atoms with van der Waals surface area (Å²) < 4.78 is 1.49. The Labute approximate surface area is 152 Å². The van der Waals surface area contributed by atoms with Crippen LogP contribution in [0, 0.1) is 17.2 Å². The highest BCUT2D eigenvalue weighted by Gasteiger charge is 2.22. The quantitative estimate of drug-likeness (QED) is 0.884. The molecule has 0 saturated heterocycles. The van der Waals surface area contributed by atoms with Crippen molar-refractivity contribution in [1.29, 1.82) is 5.26 Å². The molecule has 7 nitrogen and oxygen atoms in total. The van der Waals surface area contributed by atoms with E-state index in [0.29, 0.717) is 17.1 Å². The van der Waals surface area contributed by atoms with E-state index >= 15 is 0 Å². The van der Waals surface area contributed by atoms with Gasteiger partial charge in [0.15, 0.2) is 5.69 Å². The first-order valence-electron chi connectivity index (χ1n) is 8.73. The van der Waals surface area contributed by atoms with Gasteiger partial charge in [0, 0.05) is 24.7 Å². The van der Waals surface area contributed by atoms with Gasteiger partial charge in [0.2, 0.25) is 5.91 Å². The van der Waals surface area contributed by atoms with Crippen molar-refractivity contribution in [3.63, 3.8) is 0 Å². The Balaban J connectivity index is 1.65. The van der Waals surface area contributed by atoms with Crippen LogP contribution >= 0.6 is 0 Å². The molecule has 0 atom stereocenters. The van der Waals surface area contributed by atoms with Crippen LogP contribution in [0.5, 0.6) is 0 Å². The van der Waals surface area contributed by atoms with Gasteiger partial charge in [0.25, 0.3) is 5.91 Å². The van der Waals surface area contributed by atoms with E-state index in [1.54, 1.807) is 37.4 Å². The van der Waals surface area contributed by atoms with Crippen LogP contribution in [0.25, 0.3) is 0 Å². The predicted molar refractivity (Wildman–Crippen MR) is 97.5 cm³/mol. The highest BCUT2D eigenvalue weighted by molar-refractivity contribution is 6.04. The van der Waals surface area contributed by atoms with Gasteiger partial charge in [0.05, 0.1) is 11.6 Å². The maximum Gasteiger partial charge on any atom is 0.276 e. The number of anilines is 2. The van der Waals surface area contributed by atoms with Crippen molar-refractivity contribution in [3.05, 3.63) is 41.6 Å². The second-order valence-corrected chi connectivity index (χ2v) is 6.51. The topological polar surface area (TPSA) is 99.8 Å². The molecule has 0 bridgehead atoms. The van der Waals surface area contributed by atoms with Crippen LogP contribution in [-0.2, 0) is 11.8 Å². The number of amides is 2. The Bertz CT molecular complexity index is 842. The molecule has 26 heavy (non-hydrogen) atoms. The van der Waals surface area contributed by atoms with E-state index in [9.17, 15) is 9.59 Å². The van der Waals surface area contributed by atoms with Crippen molar-refractivity contribution < 1.29 is 9.59 Å². The molecule has 7 heteroatoms. The molecule has 3 rings (SSSR count). The van der Waals surface area contributed by atoms with E-state index < -0.39 is 0 Å². The molecule has 1 fully saturated rings. The van der Waals surface area contributed by atoms with Crippen LogP contribution in [0.2, 0.25) is 0 Å². The number of aromatic nitrogens is 2. The van der Waals surface area contributed by atoms with Crippen molar-refractivity contribution in [1.82, 2.24) is 9.78 Å². The van der Waals surface area contributed by atoms with Gasteiger partial charge in [-0.1, -0.05) is 19.3 Å². The Morgan fingerprint density at radius 3 is 2.50 bits per heavy atom. The number of carbonyl (C=O) groups is 2. The first-order valence-corrected chi connectivity index (χ1v) is 8.73. The van der Waals surface area contributed by atoms with Gasteiger partial charge in [-0.05, 0) is 37.1 Å². The molecule has 1 aliphatic rings. The predicted octanol–water partition coefficient (Wildman–Crippen LogP) is 3.06. The molecule has 1 saturated carbocycles. The number of hydrogen-bond acceptors (Lipinski definition) is 4. The zero-order valence-electron chi connectivity index (χ0n) is 14.7. The third-order valence-corrected chi connectivity index (χ3v) is 4.61. The Morgan fingerprint density at radius 1 is 1.15 bits per heavy atom. The smallest absolute Gasteiger partial charge is 0.276 e. The van der Waals surface area contributed by atoms with E-state index in [-0.39, 0.29) is 23.4 Å². The summed E-state index contributed by atoms with van der Waals surface area (Å²) >= 11 is 0. The van der Waals surface area contributed by atoms with Gasteiger partial charge in [-0.2, -0.15) is 10.4 Å². The van der Waals surface area contributed by atoms with Gasteiger partial charge in [-0.15, -0.1) is 0 Å². The number of nitrogens with zero attached hydrogens (tertiary/aromatic N) is 3. The molecule has 1 heterocycles. The number of carbonyl (C=O) groups excluding carboxylic acids is 2. The fourth-order valence-corrected chi connectivity index (χ4v) is 3.11. The lowest BCUT2D eigenvalue weighted by Gasteiger charge is -2.20. The molecule has 0 radical (unpaired) electrons. The van der Waals surface area contributed by atoms with Gasteiger partial charge in [-0.3, -0.25) is 14.3 Å². The number of benzene rings is 1. The maximum atomic E-state index is 12.4. The van der Waals surface area contributed by atoms with Crippen molar-refractivity contribution >= 4 is 23.3 Å². The van der Waals surface area contributed by atoms with E-state index in [2.05, 4.69) is 15.7 Å². The molecular formula is C19H21N5O2. The summed E-state index contributed by atoms with van der Waals surface area (Å²) in [6.45, 7) is 0. The molecule has 0 spiro atoms. The molecule has 1 aromatic carbocycles. The molecule has 1 aliphatic carbocycles. The highest BCUT2D eigenvalue weighted by atomic mass is 16.2. The van der Waals surface area contributed by atoms with E-state index in [0.717, 1.165) is 25.7 Å². The third-order valence-electron chi connectivity index (χ3n) is 4.61. The standard InChI is InChI=1S/C19H21N5O2/c1-24-17(22-18(25)14-5-3-2-4-6-14)11-16(23-24)19(26)21-15-9-7-13(12-20)8-10-15/h7-11,14H,2-6H2,1H3,(H,21,26)(H,22,25). The van der Waals surface area contributed by atoms with Crippen LogP contribution in [-0.4, -0.2) is 21.6 Å². The van der Waals surface area contributed by atoms with Crippen LogP contribution in [0.3, 0.4) is 0 Å². The van der Waals surface area contributed by atoms with Gasteiger partial charge in [-0.25, -0.2) is 0 Å². The molecule has 1 aromatic heterocycles. The number of rotatable bonds is 4. The summed E-state index contributed by atoms with van der Waals surface area (Å²) in [5.41, 5.74) is 1.32. The third kappa shape index (κ3) is 4.09. The fraction of sp³-hybridized carbons (Fsp3) is 0.368. The molecule has 0 aliphatic heterocycles. The zero-order valence-corrected chi connectivity index (χ0v) is 14.7. The maximum absolute atomic E-state index is 12.4. The molecule has 2 amide bonds. The summed E-state index contributed by atoms with van der Waals surface area (Å²) in [4.78, 5) is 24.7. The summed E-state index contributed by atoms with van der Waals surface area (Å²) in [6.07, 6.45) is 5.18. The van der Waals surface area contributed by atoms with Crippen LogP contribution in [0.4, 0.5) is 11.5 Å². The van der Waals surface area contributed by atoms with E-state index in [1.165, 1.54) is 11.1 Å². The average molecular weight is 351 g/mol. The molecule has 134 valence electrons. The summed E-state index contributed by atoms with van der Waals surface area (Å²) in [5, 5.41) is 18.6. The Kier molecular flexibility index (Phi) is 5.32. The number of aryl methyl sites for hydroxylation is 1. The lowest BCUT2D eigenvalue weighted by Crippen LogP contribution is -2.25. The normalized spacial score (nSPS) is 14.5. The lowest BCUT2D eigenvalue weighted by molar-refractivity contribution is -0.120. The van der Waals surface area contributed by atoms with Crippen LogP contribution < -0.4 is 10.6 Å². The molecular weight excluding hydrogens is 330 g/mol. The van der Waals surface area contributed by atoms with Crippen molar-refractivity contribution in [2.24, 2.45) is 13.0 Å². The van der Waals surface area contributed by atoms with Gasteiger partial charge in [0.1, 0.15) is 5.82 Å². The summed E-state index contributed by atoms with van der Waals surface area (Å²) in [6, 6.07) is 10.2. The first kappa shape index (κ1) is 17.7. The molecule has 2 aromatic rings. The minimum Gasteiger partial charge on any atom is -0.321 e. The number of nitrogens with one attached hydrogen (secondary N) is 2. The van der Waals surface area contributed by atoms with E-state index in [1.807, 2.05) is 6.07 Å². The second kappa shape index (κ2) is 7.83. The van der Waals surface area contributed by atoms with Crippen LogP contribution in [0.15, 0.2) is 30.3 Å². The number of nitriles is 1. The van der Waals surface area contributed by atoms with Crippen molar-refractivity contribution in [2.75, 3.05) is 10.6 Å². The largest absolute Gasteiger partial charge is 0.321 e. The van der Waals surface area contributed by atoms with Gasteiger partial charge >= 0.3 is 0 Å². The lowest BCUT2D eigenvalue weighted by atomic mass is 9.89. The summed E-state index contributed by atoms with van der Waals surface area (Å²) in [7, 11) is 1.69. The zero-order chi connectivity index (χ0) is 18.5. The second-order valence-electron chi connectivity index (χ2n) is 6.51. The van der Waals surface area contributed by atoms with Crippen LogP contribution in [0.1, 0.15) is 48.2 Å². The minimum atomic E-state index is -0.372. The highest BCUT2D eigenvalue weighted by Crippen LogP contribution is 2.25. The average Bonchev–Trinajstić information content (AvgIpc) is 3.03. The molecule has 2 N–H and O–H groups in total. The van der Waals surface area contributed by atoms with Crippen molar-refractivity contribution in [3.8, 4) is 6.07 Å². The minimum absolute atomic E-state index is 0.00764. The SMILES string of the molecule is Cn1nc(C(=O)Nc2ccc(C#N)cc2)cc1NC(=O)C1CCCCC1. The van der Waals surface area contributed by atoms with E-state index in [4.69, 9.17) is 5.26 Å². The summed E-state index contributed by atoms with van der Waals surface area (Å²) in [5.74, 6) is 0.162. The molecule has 0 unspecified atom stereocenters. The Hall–Kier alpha value is -3.14. The monoisotopic (exact) mass is 351 g/mol. The fourth-order valence-electron chi connectivity index (χ4n) is 3.11. The Morgan fingerprint density at radius 2 is 1.85 bits per heavy atom. The first-order chi connectivity index (χ1) is 12.6. The van der Waals surface area contributed by atoms with Crippen molar-refractivity contribution in [2.45, 2.75) is 32.1 Å².